The number of benzene rings is 6. The molecule has 48 heavy (non-hydrogen) atoms. The summed E-state index contributed by atoms with van der Waals surface area (Å²) in [5.74, 6) is 0. The Morgan fingerprint density at radius 3 is 1.75 bits per heavy atom. The smallest absolute Gasteiger partial charge is 0.315 e. The minimum absolute atomic E-state index is 0. The average Bonchev–Trinajstić information content (AvgIpc) is 3.49. The SMILES string of the molecule is CC1(C)c2ccc[c-]c2B2c3[c-]cccc3C(C)(C)c3cccc1c32.Cc1ccc(-[n+]2[c-]n(-c3[c-]cccc3)c3ccccc32)cc1.[Pt+4]. The van der Waals surface area contributed by atoms with Crippen molar-refractivity contribution in [3.8, 4) is 11.4 Å². The number of aromatic nitrogens is 2. The van der Waals surface area contributed by atoms with Crippen LogP contribution in [0.3, 0.4) is 0 Å². The molecule has 234 valence electrons. The second-order valence-electron chi connectivity index (χ2n) is 13.8. The van der Waals surface area contributed by atoms with Crippen LogP contribution in [-0.4, -0.2) is 11.3 Å². The number of aryl methyl sites for hydroxylation is 1. The van der Waals surface area contributed by atoms with E-state index in [4.69, 9.17) is 0 Å². The van der Waals surface area contributed by atoms with E-state index < -0.39 is 0 Å². The van der Waals surface area contributed by atoms with Crippen LogP contribution in [0.15, 0.2) is 127 Å². The summed E-state index contributed by atoms with van der Waals surface area (Å²) in [6, 6.07) is 55.1. The number of nitrogens with zero attached hydrogens (tertiary/aromatic N) is 2. The number of para-hydroxylation sites is 3. The third kappa shape index (κ3) is 5.03. The fourth-order valence-corrected chi connectivity index (χ4v) is 7.80. The predicted octanol–water partition coefficient (Wildman–Crippen LogP) is 6.90. The molecule has 2 nitrogen and oxygen atoms in total. The van der Waals surface area contributed by atoms with Gasteiger partial charge in [0.25, 0.3) is 6.33 Å². The fourth-order valence-electron chi connectivity index (χ4n) is 7.80. The van der Waals surface area contributed by atoms with E-state index in [-0.39, 0.29) is 38.6 Å². The van der Waals surface area contributed by atoms with Crippen LogP contribution in [0.25, 0.3) is 22.4 Å². The molecule has 2 aliphatic rings. The number of fused-ring (bicyclic) bond motifs is 5. The van der Waals surface area contributed by atoms with E-state index in [9.17, 15) is 0 Å². The summed E-state index contributed by atoms with van der Waals surface area (Å²) >= 11 is 0. The summed E-state index contributed by atoms with van der Waals surface area (Å²) in [6.07, 6.45) is 3.44. The molecule has 9 rings (SSSR count). The van der Waals surface area contributed by atoms with E-state index >= 15 is 0 Å². The summed E-state index contributed by atoms with van der Waals surface area (Å²) < 4.78 is 4.14. The summed E-state index contributed by atoms with van der Waals surface area (Å²) in [5, 5.41) is 0. The van der Waals surface area contributed by atoms with Crippen LogP contribution in [0.4, 0.5) is 0 Å². The van der Waals surface area contributed by atoms with E-state index in [0.29, 0.717) is 0 Å². The monoisotopic (exact) mass is 798 g/mol. The Labute approximate surface area is 299 Å². The quantitative estimate of drug-likeness (QED) is 0.102. The van der Waals surface area contributed by atoms with Gasteiger partial charge in [-0.15, -0.1) is 0 Å². The van der Waals surface area contributed by atoms with E-state index in [1.807, 2.05) is 24.3 Å². The van der Waals surface area contributed by atoms with Crippen molar-refractivity contribution in [3.63, 3.8) is 0 Å². The second-order valence-corrected chi connectivity index (χ2v) is 13.8. The van der Waals surface area contributed by atoms with Crippen LogP contribution in [0.5, 0.6) is 0 Å². The van der Waals surface area contributed by atoms with Gasteiger partial charge in [-0.2, -0.15) is 101 Å². The Balaban J connectivity index is 0.000000150. The van der Waals surface area contributed by atoms with Gasteiger partial charge in [-0.1, -0.05) is 104 Å². The Bertz CT molecular complexity index is 2190. The van der Waals surface area contributed by atoms with Crippen molar-refractivity contribution in [1.29, 1.82) is 0 Å². The van der Waals surface area contributed by atoms with Crippen LogP contribution < -0.4 is 21.0 Å². The molecular formula is C44H36BN2Pt+. The molecule has 7 aromatic rings. The Kier molecular flexibility index (Phi) is 8.17. The molecule has 0 amide bonds. The van der Waals surface area contributed by atoms with E-state index in [1.165, 1.54) is 44.2 Å². The maximum absolute atomic E-state index is 3.60. The van der Waals surface area contributed by atoms with Crippen LogP contribution in [-0.2, 0) is 31.9 Å². The van der Waals surface area contributed by atoms with Gasteiger partial charge in [0.15, 0.2) is 6.71 Å². The third-order valence-electron chi connectivity index (χ3n) is 10.2. The van der Waals surface area contributed by atoms with Crippen LogP contribution in [0, 0.1) is 31.5 Å². The molecule has 0 radical (unpaired) electrons. The third-order valence-corrected chi connectivity index (χ3v) is 10.2. The zero-order valence-corrected chi connectivity index (χ0v) is 30.2. The summed E-state index contributed by atoms with van der Waals surface area (Å²) in [5.41, 5.74) is 15.4. The maximum atomic E-state index is 3.60. The molecule has 0 unspecified atom stereocenters. The van der Waals surface area contributed by atoms with Crippen molar-refractivity contribution >= 4 is 34.1 Å². The topological polar surface area (TPSA) is 8.81 Å². The van der Waals surface area contributed by atoms with Gasteiger partial charge in [0.2, 0.25) is 0 Å². The molecule has 0 saturated heterocycles. The van der Waals surface area contributed by atoms with Crippen LogP contribution >= 0.6 is 0 Å². The Hall–Kier alpha value is -4.46. The number of rotatable bonds is 2. The van der Waals surface area contributed by atoms with Crippen LogP contribution in [0.2, 0.25) is 0 Å². The molecule has 0 spiro atoms. The summed E-state index contributed by atoms with van der Waals surface area (Å²) in [7, 11) is 0. The van der Waals surface area contributed by atoms with Gasteiger partial charge in [0.1, 0.15) is 0 Å². The van der Waals surface area contributed by atoms with Crippen molar-refractivity contribution in [3.05, 3.63) is 180 Å². The second kappa shape index (κ2) is 12.2. The first-order chi connectivity index (χ1) is 22.8. The van der Waals surface area contributed by atoms with E-state index in [2.05, 4.69) is 171 Å². The molecule has 0 atom stereocenters. The average molecular weight is 799 g/mol. The number of hydrogen-bond donors (Lipinski definition) is 0. The first-order valence-electron chi connectivity index (χ1n) is 16.4. The van der Waals surface area contributed by atoms with E-state index in [1.54, 1.807) is 0 Å². The van der Waals surface area contributed by atoms with Crippen LogP contribution in [0.1, 0.15) is 55.5 Å². The normalized spacial score (nSPS) is 14.5. The number of hydrogen-bond acceptors (Lipinski definition) is 0. The van der Waals surface area contributed by atoms with Crippen molar-refractivity contribution in [2.75, 3.05) is 0 Å². The first kappa shape index (κ1) is 32.1. The van der Waals surface area contributed by atoms with Gasteiger partial charge in [0.05, 0.1) is 16.7 Å². The van der Waals surface area contributed by atoms with Crippen molar-refractivity contribution < 1.29 is 25.6 Å². The minimum atomic E-state index is -0.00268. The largest absolute Gasteiger partial charge is 4.00 e. The molecule has 4 heteroatoms. The Morgan fingerprint density at radius 2 is 1.15 bits per heavy atom. The molecule has 0 fully saturated rings. The molecule has 1 aromatic heterocycles. The maximum Gasteiger partial charge on any atom is 4.00 e. The van der Waals surface area contributed by atoms with Gasteiger partial charge in [-0.3, -0.25) is 4.57 Å². The van der Waals surface area contributed by atoms with E-state index in [0.717, 1.165) is 22.4 Å². The Morgan fingerprint density at radius 1 is 0.583 bits per heavy atom. The number of imidazole rings is 1. The molecule has 0 N–H and O–H groups in total. The van der Waals surface area contributed by atoms with Gasteiger partial charge in [-0.05, 0) is 35.6 Å². The van der Waals surface area contributed by atoms with Gasteiger partial charge in [-0.25, -0.2) is 0 Å². The molecule has 0 bridgehead atoms. The van der Waals surface area contributed by atoms with Gasteiger partial charge < -0.3 is 4.57 Å². The van der Waals surface area contributed by atoms with Crippen molar-refractivity contribution in [1.82, 2.24) is 4.57 Å². The fraction of sp³-hybridized carbons (Fsp3) is 0.159. The zero-order chi connectivity index (χ0) is 32.3. The van der Waals surface area contributed by atoms with Gasteiger partial charge >= 0.3 is 21.1 Å². The standard InChI is InChI=1S/C24H21B.C20H15N2.Pt/c1-23(2)16-10-5-7-14-20(16)25-21-15-8-6-11-17(21)24(3,4)19-13-9-12-18(23)22(19)25;1-16-11-13-18(14-12-16)22-15-21(17-7-3-2-4-8-17)19-9-5-6-10-20(19)22;/h5-13H,1-4H3;2-7,9-14H,1H3;/q-2;-1;+4. The summed E-state index contributed by atoms with van der Waals surface area (Å²) in [6.45, 7) is 11.7. The van der Waals surface area contributed by atoms with Crippen molar-refractivity contribution in [2.24, 2.45) is 0 Å². The summed E-state index contributed by atoms with van der Waals surface area (Å²) in [4.78, 5) is 0. The molecule has 0 saturated carbocycles. The first-order valence-corrected chi connectivity index (χ1v) is 16.4. The van der Waals surface area contributed by atoms with Crippen molar-refractivity contribution in [2.45, 2.75) is 45.4 Å². The predicted molar refractivity (Wildman–Crippen MR) is 193 cm³/mol. The molecule has 3 heterocycles. The molecule has 0 aliphatic carbocycles. The van der Waals surface area contributed by atoms with Gasteiger partial charge in [0, 0.05) is 0 Å². The molecule has 6 aromatic carbocycles. The minimum Gasteiger partial charge on any atom is -0.315 e. The molecular weight excluding hydrogens is 762 g/mol. The zero-order valence-electron chi connectivity index (χ0n) is 27.9. The molecule has 2 aliphatic heterocycles.